The second-order valence-electron chi connectivity index (χ2n) is 4.98. The van der Waals surface area contributed by atoms with E-state index in [-0.39, 0.29) is 5.69 Å². The summed E-state index contributed by atoms with van der Waals surface area (Å²) in [6.45, 7) is 10.4. The summed E-state index contributed by atoms with van der Waals surface area (Å²) in [5.41, 5.74) is -0.103. The Morgan fingerprint density at radius 2 is 2.11 bits per heavy atom. The second kappa shape index (κ2) is 8.43. The minimum Gasteiger partial charge on any atom is -0.314 e. The van der Waals surface area contributed by atoms with Gasteiger partial charge in [0, 0.05) is 17.8 Å². The number of nitrogens with one attached hydrogen (secondary N) is 2. The monoisotopic (exact) mass is 286 g/mol. The SMILES string of the molecule is CCCNC(C)CC(C)Sc1n[nH]c(=O)n1CCC. The Morgan fingerprint density at radius 3 is 2.74 bits per heavy atom. The van der Waals surface area contributed by atoms with Crippen LogP contribution in [0.1, 0.15) is 47.0 Å². The van der Waals surface area contributed by atoms with Gasteiger partial charge in [-0.2, -0.15) is 0 Å². The van der Waals surface area contributed by atoms with E-state index in [0.29, 0.717) is 11.3 Å². The molecular weight excluding hydrogens is 260 g/mol. The highest BCUT2D eigenvalue weighted by atomic mass is 32.2. The highest BCUT2D eigenvalue weighted by molar-refractivity contribution is 7.99. The van der Waals surface area contributed by atoms with E-state index in [0.717, 1.165) is 37.5 Å². The Bertz CT molecular complexity index is 415. The second-order valence-corrected chi connectivity index (χ2v) is 6.39. The van der Waals surface area contributed by atoms with E-state index >= 15 is 0 Å². The quantitative estimate of drug-likeness (QED) is 0.683. The zero-order valence-corrected chi connectivity index (χ0v) is 13.2. The van der Waals surface area contributed by atoms with Crippen LogP contribution in [0.15, 0.2) is 9.95 Å². The van der Waals surface area contributed by atoms with Crippen LogP contribution in [-0.2, 0) is 6.54 Å². The van der Waals surface area contributed by atoms with Gasteiger partial charge in [0.2, 0.25) is 0 Å². The molecule has 0 aliphatic rings. The van der Waals surface area contributed by atoms with Crippen molar-refractivity contribution in [1.82, 2.24) is 20.1 Å². The van der Waals surface area contributed by atoms with Crippen molar-refractivity contribution in [3.05, 3.63) is 10.5 Å². The van der Waals surface area contributed by atoms with Crippen molar-refractivity contribution in [3.8, 4) is 0 Å². The van der Waals surface area contributed by atoms with Crippen LogP contribution in [0.2, 0.25) is 0 Å². The molecule has 0 saturated heterocycles. The molecule has 1 rings (SSSR count). The van der Waals surface area contributed by atoms with Gasteiger partial charge in [0.15, 0.2) is 5.16 Å². The van der Waals surface area contributed by atoms with Gasteiger partial charge in [-0.25, -0.2) is 9.89 Å². The summed E-state index contributed by atoms with van der Waals surface area (Å²) >= 11 is 1.67. The van der Waals surface area contributed by atoms with Crippen molar-refractivity contribution >= 4 is 11.8 Å². The fraction of sp³-hybridized carbons (Fsp3) is 0.846. The third kappa shape index (κ3) is 5.40. The fourth-order valence-corrected chi connectivity index (χ4v) is 3.16. The Morgan fingerprint density at radius 1 is 1.37 bits per heavy atom. The summed E-state index contributed by atoms with van der Waals surface area (Å²) in [4.78, 5) is 11.6. The largest absolute Gasteiger partial charge is 0.343 e. The number of thioether (sulfide) groups is 1. The molecule has 2 atom stereocenters. The van der Waals surface area contributed by atoms with Crippen molar-refractivity contribution in [3.63, 3.8) is 0 Å². The molecular formula is C13H26N4OS. The molecule has 0 bridgehead atoms. The molecule has 0 fully saturated rings. The summed E-state index contributed by atoms with van der Waals surface area (Å²) in [6, 6.07) is 0.493. The number of hydrogen-bond acceptors (Lipinski definition) is 4. The van der Waals surface area contributed by atoms with Gasteiger partial charge in [-0.1, -0.05) is 32.5 Å². The molecule has 0 amide bonds. The minimum absolute atomic E-state index is 0.103. The molecule has 1 heterocycles. The lowest BCUT2D eigenvalue weighted by molar-refractivity contribution is 0.512. The van der Waals surface area contributed by atoms with Gasteiger partial charge >= 0.3 is 5.69 Å². The molecule has 0 spiro atoms. The maximum atomic E-state index is 11.6. The zero-order chi connectivity index (χ0) is 14.3. The molecule has 0 radical (unpaired) electrons. The third-order valence-corrected chi connectivity index (χ3v) is 4.02. The fourth-order valence-electron chi connectivity index (χ4n) is 2.01. The highest BCUT2D eigenvalue weighted by Crippen LogP contribution is 2.23. The van der Waals surface area contributed by atoms with E-state index < -0.39 is 0 Å². The van der Waals surface area contributed by atoms with Crippen LogP contribution in [0.4, 0.5) is 0 Å². The van der Waals surface area contributed by atoms with E-state index in [4.69, 9.17) is 0 Å². The molecule has 0 aliphatic heterocycles. The van der Waals surface area contributed by atoms with Crippen molar-refractivity contribution in [1.29, 1.82) is 0 Å². The van der Waals surface area contributed by atoms with Gasteiger partial charge in [0.1, 0.15) is 0 Å². The van der Waals surface area contributed by atoms with E-state index in [9.17, 15) is 4.79 Å². The lowest BCUT2D eigenvalue weighted by atomic mass is 10.2. The maximum absolute atomic E-state index is 11.6. The van der Waals surface area contributed by atoms with Gasteiger partial charge in [-0.3, -0.25) is 4.57 Å². The average molecular weight is 286 g/mol. The van der Waals surface area contributed by atoms with E-state index in [1.165, 1.54) is 0 Å². The van der Waals surface area contributed by atoms with Crippen molar-refractivity contribution in [2.75, 3.05) is 6.54 Å². The zero-order valence-electron chi connectivity index (χ0n) is 12.4. The Hall–Kier alpha value is -0.750. The van der Waals surface area contributed by atoms with Gasteiger partial charge in [-0.15, -0.1) is 5.10 Å². The van der Waals surface area contributed by atoms with Gasteiger partial charge in [0.25, 0.3) is 0 Å². The summed E-state index contributed by atoms with van der Waals surface area (Å²) in [6.07, 6.45) is 3.16. The maximum Gasteiger partial charge on any atom is 0.343 e. The Labute approximate surface area is 119 Å². The average Bonchev–Trinajstić information content (AvgIpc) is 2.69. The van der Waals surface area contributed by atoms with Crippen LogP contribution in [-0.4, -0.2) is 32.6 Å². The molecule has 2 N–H and O–H groups in total. The lowest BCUT2D eigenvalue weighted by Gasteiger charge is -2.17. The number of aromatic amines is 1. The van der Waals surface area contributed by atoms with Crippen molar-refractivity contribution < 1.29 is 0 Å². The molecule has 0 saturated carbocycles. The van der Waals surface area contributed by atoms with Crippen LogP contribution in [0.25, 0.3) is 0 Å². The van der Waals surface area contributed by atoms with Gasteiger partial charge < -0.3 is 5.32 Å². The summed E-state index contributed by atoms with van der Waals surface area (Å²) in [5.74, 6) is 0. The molecule has 5 nitrogen and oxygen atoms in total. The summed E-state index contributed by atoms with van der Waals surface area (Å²) in [7, 11) is 0. The standard InChI is InChI=1S/C13H26N4OS/c1-5-7-14-10(3)9-11(4)19-13-16-15-12(18)17(13)8-6-2/h10-11,14H,5-9H2,1-4H3,(H,15,18). The van der Waals surface area contributed by atoms with Crippen LogP contribution >= 0.6 is 11.8 Å². The number of nitrogens with zero attached hydrogens (tertiary/aromatic N) is 2. The van der Waals surface area contributed by atoms with Crippen molar-refractivity contribution in [2.24, 2.45) is 0 Å². The lowest BCUT2D eigenvalue weighted by Crippen LogP contribution is -2.29. The molecule has 110 valence electrons. The van der Waals surface area contributed by atoms with E-state index in [2.05, 4.69) is 43.2 Å². The molecule has 19 heavy (non-hydrogen) atoms. The molecule has 0 aromatic carbocycles. The Kier molecular flexibility index (Phi) is 7.23. The van der Waals surface area contributed by atoms with Crippen LogP contribution in [0, 0.1) is 0 Å². The van der Waals surface area contributed by atoms with Crippen molar-refractivity contribution in [2.45, 2.75) is 70.0 Å². The first-order valence-corrected chi connectivity index (χ1v) is 8.01. The Balaban J connectivity index is 2.52. The number of rotatable bonds is 9. The molecule has 1 aromatic heterocycles. The normalized spacial score (nSPS) is 14.5. The van der Waals surface area contributed by atoms with Gasteiger partial charge in [0.05, 0.1) is 0 Å². The predicted octanol–water partition coefficient (Wildman–Crippen LogP) is 2.24. The molecule has 6 heteroatoms. The van der Waals surface area contributed by atoms with Crippen LogP contribution in [0.3, 0.4) is 0 Å². The molecule has 0 aliphatic carbocycles. The molecule has 1 aromatic rings. The first-order valence-electron chi connectivity index (χ1n) is 7.13. The summed E-state index contributed by atoms with van der Waals surface area (Å²) in [5, 5.41) is 11.4. The molecule has 2 unspecified atom stereocenters. The smallest absolute Gasteiger partial charge is 0.314 e. The summed E-state index contributed by atoms with van der Waals surface area (Å²) < 4.78 is 1.73. The van der Waals surface area contributed by atoms with Crippen LogP contribution < -0.4 is 11.0 Å². The minimum atomic E-state index is -0.103. The first kappa shape index (κ1) is 16.3. The third-order valence-electron chi connectivity index (χ3n) is 2.91. The number of hydrogen-bond donors (Lipinski definition) is 2. The van der Waals surface area contributed by atoms with E-state index in [1.807, 2.05) is 0 Å². The predicted molar refractivity (Wildman–Crippen MR) is 80.8 cm³/mol. The van der Waals surface area contributed by atoms with E-state index in [1.54, 1.807) is 16.3 Å². The van der Waals surface area contributed by atoms with Gasteiger partial charge in [-0.05, 0) is 32.7 Å². The number of H-pyrrole nitrogens is 1. The number of aromatic nitrogens is 3. The van der Waals surface area contributed by atoms with Crippen LogP contribution in [0.5, 0.6) is 0 Å². The highest BCUT2D eigenvalue weighted by Gasteiger charge is 2.14. The topological polar surface area (TPSA) is 62.7 Å². The first-order chi connectivity index (χ1) is 9.08.